The van der Waals surface area contributed by atoms with Crippen LogP contribution in [0.3, 0.4) is 0 Å². The van der Waals surface area contributed by atoms with Crippen LogP contribution in [0.25, 0.3) is 0 Å². The lowest BCUT2D eigenvalue weighted by molar-refractivity contribution is -0.118. The second kappa shape index (κ2) is 7.29. The molecule has 0 spiro atoms. The van der Waals surface area contributed by atoms with Gasteiger partial charge in [-0.3, -0.25) is 4.79 Å². The maximum absolute atomic E-state index is 11.9. The average molecular weight is 303 g/mol. The van der Waals surface area contributed by atoms with Crippen molar-refractivity contribution in [3.05, 3.63) is 29.3 Å². The number of carbonyl (C=O) groups excluding carboxylic acids is 2. The summed E-state index contributed by atoms with van der Waals surface area (Å²) in [5.74, 6) is 0.602. The number of urea groups is 1. The van der Waals surface area contributed by atoms with E-state index in [1.165, 1.54) is 5.56 Å². The van der Waals surface area contributed by atoms with Gasteiger partial charge in [0.1, 0.15) is 0 Å². The molecule has 120 valence electrons. The molecule has 0 saturated carbocycles. The van der Waals surface area contributed by atoms with E-state index in [0.29, 0.717) is 25.4 Å². The summed E-state index contributed by atoms with van der Waals surface area (Å²) in [6.07, 6.45) is 1.41. The van der Waals surface area contributed by atoms with E-state index >= 15 is 0 Å². The van der Waals surface area contributed by atoms with Gasteiger partial charge in [0, 0.05) is 31.7 Å². The number of benzene rings is 1. The summed E-state index contributed by atoms with van der Waals surface area (Å²) in [7, 11) is 0. The van der Waals surface area contributed by atoms with Crippen LogP contribution in [-0.2, 0) is 17.8 Å². The predicted octanol–water partition coefficient (Wildman–Crippen LogP) is 2.44. The van der Waals surface area contributed by atoms with Crippen LogP contribution in [0.1, 0.15) is 38.3 Å². The Kier molecular flexibility index (Phi) is 5.41. The van der Waals surface area contributed by atoms with Gasteiger partial charge in [-0.25, -0.2) is 4.79 Å². The highest BCUT2D eigenvalue weighted by Crippen LogP contribution is 2.29. The first-order valence-corrected chi connectivity index (χ1v) is 7.95. The Morgan fingerprint density at radius 3 is 2.73 bits per heavy atom. The second-order valence-corrected chi connectivity index (χ2v) is 6.07. The predicted molar refractivity (Wildman–Crippen MR) is 87.9 cm³/mol. The molecule has 22 heavy (non-hydrogen) atoms. The Balaban J connectivity index is 1.93. The number of hydrogen-bond donors (Lipinski definition) is 2. The molecule has 1 heterocycles. The van der Waals surface area contributed by atoms with Gasteiger partial charge in [0.15, 0.2) is 0 Å². The molecule has 1 aromatic rings. The maximum Gasteiger partial charge on any atom is 0.315 e. The Morgan fingerprint density at radius 1 is 1.27 bits per heavy atom. The lowest BCUT2D eigenvalue weighted by Crippen LogP contribution is -2.37. The Morgan fingerprint density at radius 2 is 2.05 bits per heavy atom. The number of anilines is 1. The molecule has 3 amide bonds. The van der Waals surface area contributed by atoms with Crippen LogP contribution in [0.4, 0.5) is 10.5 Å². The quantitative estimate of drug-likeness (QED) is 0.877. The summed E-state index contributed by atoms with van der Waals surface area (Å²) in [5, 5.41) is 5.69. The van der Waals surface area contributed by atoms with Crippen LogP contribution < -0.4 is 15.5 Å². The van der Waals surface area contributed by atoms with E-state index in [9.17, 15) is 9.59 Å². The Bertz CT molecular complexity index is 555. The minimum Gasteiger partial charge on any atom is -0.338 e. The summed E-state index contributed by atoms with van der Waals surface area (Å²) in [4.78, 5) is 25.4. The van der Waals surface area contributed by atoms with Crippen molar-refractivity contribution in [3.63, 3.8) is 0 Å². The van der Waals surface area contributed by atoms with Crippen LogP contribution in [0.2, 0.25) is 0 Å². The molecule has 0 aliphatic carbocycles. The molecule has 0 radical (unpaired) electrons. The van der Waals surface area contributed by atoms with Gasteiger partial charge in [0.05, 0.1) is 0 Å². The number of fused-ring (bicyclic) bond motifs is 1. The zero-order valence-corrected chi connectivity index (χ0v) is 13.6. The first kappa shape index (κ1) is 16.3. The number of hydrogen-bond acceptors (Lipinski definition) is 2. The van der Waals surface area contributed by atoms with Gasteiger partial charge in [0.25, 0.3) is 0 Å². The molecule has 2 rings (SSSR count). The molecule has 0 aromatic heterocycles. The van der Waals surface area contributed by atoms with Crippen LogP contribution in [0.15, 0.2) is 18.2 Å². The summed E-state index contributed by atoms with van der Waals surface area (Å²) < 4.78 is 0. The van der Waals surface area contributed by atoms with Crippen molar-refractivity contribution in [2.45, 2.75) is 40.2 Å². The van der Waals surface area contributed by atoms with Gasteiger partial charge in [0.2, 0.25) is 5.91 Å². The minimum atomic E-state index is -0.142. The molecule has 5 heteroatoms. The van der Waals surface area contributed by atoms with Crippen LogP contribution in [0, 0.1) is 5.92 Å². The molecule has 1 aromatic carbocycles. The van der Waals surface area contributed by atoms with Crippen LogP contribution in [0.5, 0.6) is 0 Å². The fraction of sp³-hybridized carbons (Fsp3) is 0.529. The van der Waals surface area contributed by atoms with E-state index in [4.69, 9.17) is 0 Å². The second-order valence-electron chi connectivity index (χ2n) is 6.07. The van der Waals surface area contributed by atoms with Crippen molar-refractivity contribution in [2.75, 3.05) is 18.0 Å². The molecular weight excluding hydrogens is 278 g/mol. The third kappa shape index (κ3) is 4.00. The van der Waals surface area contributed by atoms with Crippen molar-refractivity contribution < 1.29 is 9.59 Å². The number of nitrogens with zero attached hydrogens (tertiary/aromatic N) is 1. The van der Waals surface area contributed by atoms with E-state index < -0.39 is 0 Å². The van der Waals surface area contributed by atoms with E-state index in [0.717, 1.165) is 24.2 Å². The van der Waals surface area contributed by atoms with Gasteiger partial charge < -0.3 is 15.5 Å². The number of carbonyl (C=O) groups is 2. The summed E-state index contributed by atoms with van der Waals surface area (Å²) in [6, 6.07) is 5.90. The fourth-order valence-corrected chi connectivity index (χ4v) is 2.56. The highest BCUT2D eigenvalue weighted by Gasteiger charge is 2.23. The van der Waals surface area contributed by atoms with Crippen molar-refractivity contribution in [1.29, 1.82) is 0 Å². The fourth-order valence-electron chi connectivity index (χ4n) is 2.56. The van der Waals surface area contributed by atoms with Gasteiger partial charge in [-0.2, -0.15) is 0 Å². The lowest BCUT2D eigenvalue weighted by atomic mass is 10.1. The van der Waals surface area contributed by atoms with Gasteiger partial charge in [-0.05, 0) is 29.5 Å². The SMILES string of the molecule is CCC(=O)N1CCc2cc(CNC(=O)NCC(C)C)ccc21. The summed E-state index contributed by atoms with van der Waals surface area (Å²) >= 11 is 0. The van der Waals surface area contributed by atoms with Crippen molar-refractivity contribution in [3.8, 4) is 0 Å². The molecule has 0 atom stereocenters. The highest BCUT2D eigenvalue weighted by atomic mass is 16.2. The van der Waals surface area contributed by atoms with E-state index in [1.807, 2.05) is 24.0 Å². The first-order chi connectivity index (χ1) is 10.5. The average Bonchev–Trinajstić information content (AvgIpc) is 2.93. The molecule has 1 aliphatic heterocycles. The van der Waals surface area contributed by atoms with E-state index in [-0.39, 0.29) is 11.9 Å². The zero-order valence-electron chi connectivity index (χ0n) is 13.6. The van der Waals surface area contributed by atoms with Crippen molar-refractivity contribution >= 4 is 17.6 Å². The Labute approximate surface area is 132 Å². The largest absolute Gasteiger partial charge is 0.338 e. The topological polar surface area (TPSA) is 61.4 Å². The normalized spacial score (nSPS) is 13.2. The molecule has 0 saturated heterocycles. The standard InChI is InChI=1S/C17H25N3O2/c1-4-16(21)20-8-7-14-9-13(5-6-15(14)20)11-19-17(22)18-10-12(2)3/h5-6,9,12H,4,7-8,10-11H2,1-3H3,(H2,18,19,22). The van der Waals surface area contributed by atoms with Gasteiger partial charge in [-0.15, -0.1) is 0 Å². The smallest absolute Gasteiger partial charge is 0.315 e. The third-order valence-corrected chi connectivity index (χ3v) is 3.77. The molecule has 2 N–H and O–H groups in total. The van der Waals surface area contributed by atoms with Crippen molar-refractivity contribution in [1.82, 2.24) is 10.6 Å². The number of amides is 3. The van der Waals surface area contributed by atoms with E-state index in [2.05, 4.69) is 30.5 Å². The number of nitrogens with one attached hydrogen (secondary N) is 2. The monoisotopic (exact) mass is 303 g/mol. The Hall–Kier alpha value is -2.04. The molecule has 5 nitrogen and oxygen atoms in total. The maximum atomic E-state index is 11.9. The molecular formula is C17H25N3O2. The summed E-state index contributed by atoms with van der Waals surface area (Å²) in [5.41, 5.74) is 3.26. The summed E-state index contributed by atoms with van der Waals surface area (Å²) in [6.45, 7) is 7.93. The van der Waals surface area contributed by atoms with Crippen LogP contribution in [-0.4, -0.2) is 25.0 Å². The third-order valence-electron chi connectivity index (χ3n) is 3.77. The van der Waals surface area contributed by atoms with Gasteiger partial charge in [-0.1, -0.05) is 32.9 Å². The first-order valence-electron chi connectivity index (χ1n) is 7.95. The lowest BCUT2D eigenvalue weighted by Gasteiger charge is -2.16. The number of rotatable bonds is 5. The zero-order chi connectivity index (χ0) is 16.1. The van der Waals surface area contributed by atoms with Crippen molar-refractivity contribution in [2.24, 2.45) is 5.92 Å². The molecule has 0 unspecified atom stereocenters. The van der Waals surface area contributed by atoms with Gasteiger partial charge >= 0.3 is 6.03 Å². The van der Waals surface area contributed by atoms with Crippen LogP contribution >= 0.6 is 0 Å². The molecule has 1 aliphatic rings. The molecule has 0 fully saturated rings. The highest BCUT2D eigenvalue weighted by molar-refractivity contribution is 5.95. The molecule has 0 bridgehead atoms. The van der Waals surface area contributed by atoms with E-state index in [1.54, 1.807) is 0 Å². The minimum absolute atomic E-state index is 0.142.